The van der Waals surface area contributed by atoms with Crippen LogP contribution in [0.3, 0.4) is 0 Å². The zero-order valence-corrected chi connectivity index (χ0v) is 12.5. The van der Waals surface area contributed by atoms with Gasteiger partial charge >= 0.3 is 0 Å². The predicted octanol–water partition coefficient (Wildman–Crippen LogP) is 0.395. The molecule has 0 aliphatic carbocycles. The highest BCUT2D eigenvalue weighted by molar-refractivity contribution is 5.81. The van der Waals surface area contributed by atoms with Crippen LogP contribution >= 0.6 is 0 Å². The smallest absolute Gasteiger partial charge is 0.237 e. The Labute approximate surface area is 126 Å². The summed E-state index contributed by atoms with van der Waals surface area (Å²) in [5, 5.41) is 2.92. The van der Waals surface area contributed by atoms with Gasteiger partial charge < -0.3 is 15.8 Å². The van der Waals surface area contributed by atoms with E-state index >= 15 is 0 Å². The molecule has 1 aliphatic heterocycles. The van der Waals surface area contributed by atoms with E-state index in [2.05, 4.69) is 10.2 Å². The first-order valence-corrected chi connectivity index (χ1v) is 7.63. The van der Waals surface area contributed by atoms with E-state index in [4.69, 9.17) is 10.5 Å². The van der Waals surface area contributed by atoms with Gasteiger partial charge in [-0.1, -0.05) is 30.3 Å². The first-order valence-electron chi connectivity index (χ1n) is 7.63. The van der Waals surface area contributed by atoms with Crippen LogP contribution in [0.1, 0.15) is 12.0 Å². The van der Waals surface area contributed by atoms with Gasteiger partial charge in [-0.2, -0.15) is 0 Å². The van der Waals surface area contributed by atoms with Gasteiger partial charge in [0.15, 0.2) is 0 Å². The topological polar surface area (TPSA) is 67.6 Å². The second-order valence-electron chi connectivity index (χ2n) is 5.39. The number of nitrogens with two attached hydrogens (primary N) is 1. The maximum atomic E-state index is 11.9. The van der Waals surface area contributed by atoms with Gasteiger partial charge in [0, 0.05) is 19.6 Å². The Balaban J connectivity index is 1.60. The normalized spacial score (nSPS) is 17.4. The van der Waals surface area contributed by atoms with E-state index in [1.165, 1.54) is 0 Å². The maximum Gasteiger partial charge on any atom is 0.237 e. The average Bonchev–Trinajstić information content (AvgIpc) is 2.53. The van der Waals surface area contributed by atoms with Crippen LogP contribution in [0.15, 0.2) is 30.3 Å². The van der Waals surface area contributed by atoms with Gasteiger partial charge in [-0.25, -0.2) is 0 Å². The zero-order chi connectivity index (χ0) is 14.9. The molecule has 2 rings (SSSR count). The third-order valence-corrected chi connectivity index (χ3v) is 3.69. The number of benzene rings is 1. The highest BCUT2D eigenvalue weighted by atomic mass is 16.5. The van der Waals surface area contributed by atoms with E-state index in [-0.39, 0.29) is 5.91 Å². The molecule has 1 unspecified atom stereocenters. The molecule has 0 aromatic heterocycles. The number of nitrogens with one attached hydrogen (secondary N) is 1. The molecule has 0 spiro atoms. The molecule has 5 heteroatoms. The monoisotopic (exact) mass is 291 g/mol. The number of hydrogen-bond donors (Lipinski definition) is 2. The zero-order valence-electron chi connectivity index (χ0n) is 12.5. The Hall–Kier alpha value is -1.43. The average molecular weight is 291 g/mol. The molecule has 1 atom stereocenters. The van der Waals surface area contributed by atoms with Crippen LogP contribution in [0.5, 0.6) is 0 Å². The highest BCUT2D eigenvalue weighted by Gasteiger charge is 2.14. The van der Waals surface area contributed by atoms with Gasteiger partial charge in [-0.15, -0.1) is 0 Å². The molecule has 0 radical (unpaired) electrons. The Bertz CT molecular complexity index is 419. The lowest BCUT2D eigenvalue weighted by atomic mass is 10.1. The van der Waals surface area contributed by atoms with Gasteiger partial charge in [0.1, 0.15) is 0 Å². The van der Waals surface area contributed by atoms with E-state index in [1.807, 2.05) is 30.3 Å². The molecule has 21 heavy (non-hydrogen) atoms. The van der Waals surface area contributed by atoms with E-state index in [9.17, 15) is 4.79 Å². The van der Waals surface area contributed by atoms with Crippen LogP contribution in [-0.4, -0.2) is 56.2 Å². The minimum absolute atomic E-state index is 0.0687. The van der Waals surface area contributed by atoms with Crippen LogP contribution < -0.4 is 11.1 Å². The summed E-state index contributed by atoms with van der Waals surface area (Å²) < 4.78 is 5.30. The lowest BCUT2D eigenvalue weighted by Gasteiger charge is -2.26. The molecule has 1 fully saturated rings. The third-order valence-electron chi connectivity index (χ3n) is 3.69. The van der Waals surface area contributed by atoms with Crippen LogP contribution in [-0.2, 0) is 16.0 Å². The molecule has 1 saturated heterocycles. The van der Waals surface area contributed by atoms with E-state index in [0.29, 0.717) is 13.0 Å². The third kappa shape index (κ3) is 5.83. The van der Waals surface area contributed by atoms with Crippen molar-refractivity contribution in [3.63, 3.8) is 0 Å². The summed E-state index contributed by atoms with van der Waals surface area (Å²) in [5.74, 6) is -0.0687. The van der Waals surface area contributed by atoms with Gasteiger partial charge in [-0.05, 0) is 24.9 Å². The molecule has 1 aromatic rings. The lowest BCUT2D eigenvalue weighted by molar-refractivity contribution is -0.122. The number of carbonyl (C=O) groups is 1. The summed E-state index contributed by atoms with van der Waals surface area (Å²) in [6.07, 6.45) is 1.53. The Morgan fingerprint density at radius 3 is 2.71 bits per heavy atom. The summed E-state index contributed by atoms with van der Waals surface area (Å²) in [4.78, 5) is 14.3. The molecule has 0 bridgehead atoms. The van der Waals surface area contributed by atoms with E-state index < -0.39 is 6.04 Å². The quantitative estimate of drug-likeness (QED) is 0.713. The van der Waals surface area contributed by atoms with Crippen molar-refractivity contribution in [3.05, 3.63) is 35.9 Å². The maximum absolute atomic E-state index is 11.9. The molecular formula is C16H25N3O2. The summed E-state index contributed by atoms with van der Waals surface area (Å²) in [6, 6.07) is 9.39. The van der Waals surface area contributed by atoms with E-state index in [0.717, 1.165) is 44.8 Å². The minimum Gasteiger partial charge on any atom is -0.379 e. The SMILES string of the molecule is NC(Cc1ccccc1)C(=O)NCCCN1CCOCC1. The summed E-state index contributed by atoms with van der Waals surface area (Å²) in [7, 11) is 0. The predicted molar refractivity (Wildman–Crippen MR) is 83.0 cm³/mol. The van der Waals surface area contributed by atoms with Crippen molar-refractivity contribution in [2.24, 2.45) is 5.73 Å². The van der Waals surface area contributed by atoms with Crippen molar-refractivity contribution in [3.8, 4) is 0 Å². The van der Waals surface area contributed by atoms with Gasteiger partial charge in [-0.3, -0.25) is 9.69 Å². The molecule has 1 aromatic carbocycles. The number of ether oxygens (including phenoxy) is 1. The Kier molecular flexibility index (Phi) is 6.66. The first kappa shape index (κ1) is 15.9. The molecule has 1 amide bonds. The molecule has 5 nitrogen and oxygen atoms in total. The molecule has 0 saturated carbocycles. The standard InChI is InChI=1S/C16H25N3O2/c17-15(13-14-5-2-1-3-6-14)16(20)18-7-4-8-19-9-11-21-12-10-19/h1-3,5-6,15H,4,7-13,17H2,(H,18,20). The second-order valence-corrected chi connectivity index (χ2v) is 5.39. The van der Waals surface area contributed by atoms with E-state index in [1.54, 1.807) is 0 Å². The van der Waals surface area contributed by atoms with Crippen molar-refractivity contribution in [1.29, 1.82) is 0 Å². The van der Waals surface area contributed by atoms with Crippen molar-refractivity contribution >= 4 is 5.91 Å². The fraction of sp³-hybridized carbons (Fsp3) is 0.562. The molecule has 1 aliphatic rings. The Morgan fingerprint density at radius 2 is 2.00 bits per heavy atom. The first-order chi connectivity index (χ1) is 10.3. The summed E-state index contributed by atoms with van der Waals surface area (Å²) >= 11 is 0. The van der Waals surface area contributed by atoms with Crippen molar-refractivity contribution in [2.75, 3.05) is 39.4 Å². The number of morpholine rings is 1. The number of hydrogen-bond acceptors (Lipinski definition) is 4. The number of amides is 1. The largest absolute Gasteiger partial charge is 0.379 e. The summed E-state index contributed by atoms with van der Waals surface area (Å²) in [6.45, 7) is 5.28. The second kappa shape index (κ2) is 8.77. The van der Waals surface area contributed by atoms with Crippen LogP contribution in [0.4, 0.5) is 0 Å². The summed E-state index contributed by atoms with van der Waals surface area (Å²) in [5.41, 5.74) is 7.03. The van der Waals surface area contributed by atoms with Crippen molar-refractivity contribution in [2.45, 2.75) is 18.9 Å². The lowest BCUT2D eigenvalue weighted by Crippen LogP contribution is -2.43. The number of carbonyl (C=O) groups excluding carboxylic acids is 1. The van der Waals surface area contributed by atoms with Crippen molar-refractivity contribution in [1.82, 2.24) is 10.2 Å². The number of rotatable bonds is 7. The molecule has 3 N–H and O–H groups in total. The van der Waals surface area contributed by atoms with Gasteiger partial charge in [0.25, 0.3) is 0 Å². The van der Waals surface area contributed by atoms with Gasteiger partial charge in [0.2, 0.25) is 5.91 Å². The van der Waals surface area contributed by atoms with Gasteiger partial charge in [0.05, 0.1) is 19.3 Å². The fourth-order valence-electron chi connectivity index (χ4n) is 2.43. The van der Waals surface area contributed by atoms with Crippen LogP contribution in [0.2, 0.25) is 0 Å². The fourth-order valence-corrected chi connectivity index (χ4v) is 2.43. The van der Waals surface area contributed by atoms with Crippen LogP contribution in [0, 0.1) is 0 Å². The highest BCUT2D eigenvalue weighted by Crippen LogP contribution is 2.02. The molecular weight excluding hydrogens is 266 g/mol. The van der Waals surface area contributed by atoms with Crippen LogP contribution in [0.25, 0.3) is 0 Å². The molecule has 116 valence electrons. The van der Waals surface area contributed by atoms with Crippen molar-refractivity contribution < 1.29 is 9.53 Å². The minimum atomic E-state index is -0.476. The molecule has 1 heterocycles. The number of nitrogens with zero attached hydrogens (tertiary/aromatic N) is 1. The Morgan fingerprint density at radius 1 is 1.29 bits per heavy atom.